The van der Waals surface area contributed by atoms with Crippen LogP contribution in [0.1, 0.15) is 57.9 Å². The molecule has 0 amide bonds. The lowest BCUT2D eigenvalue weighted by atomic mass is 9.74. The van der Waals surface area contributed by atoms with E-state index in [4.69, 9.17) is 0 Å². The summed E-state index contributed by atoms with van der Waals surface area (Å²) in [6.07, 6.45) is 8.71. The Morgan fingerprint density at radius 2 is 2.00 bits per heavy atom. The molecule has 0 saturated heterocycles. The smallest absolute Gasteiger partial charge is 0.124 e. The van der Waals surface area contributed by atoms with Crippen molar-refractivity contribution in [1.82, 2.24) is 5.32 Å². The van der Waals surface area contributed by atoms with E-state index in [0.29, 0.717) is 11.5 Å². The van der Waals surface area contributed by atoms with Gasteiger partial charge in [0.2, 0.25) is 0 Å². The molecule has 0 aromatic heterocycles. The molecule has 1 unspecified atom stereocenters. The predicted octanol–water partition coefficient (Wildman–Crippen LogP) is 5.47. The van der Waals surface area contributed by atoms with Crippen LogP contribution in [0.5, 0.6) is 0 Å². The second-order valence-corrected chi connectivity index (χ2v) is 7.22. The Bertz CT molecular complexity index is 455. The number of halogens is 2. The van der Waals surface area contributed by atoms with E-state index >= 15 is 0 Å². The van der Waals surface area contributed by atoms with Crippen molar-refractivity contribution in [3.05, 3.63) is 34.1 Å². The van der Waals surface area contributed by atoms with Crippen LogP contribution in [-0.2, 0) is 6.42 Å². The number of nitrogens with one attached hydrogen (secondary N) is 1. The van der Waals surface area contributed by atoms with Gasteiger partial charge in [-0.05, 0) is 61.8 Å². The van der Waals surface area contributed by atoms with Crippen LogP contribution in [0.15, 0.2) is 22.7 Å². The van der Waals surface area contributed by atoms with Crippen LogP contribution >= 0.6 is 15.9 Å². The maximum Gasteiger partial charge on any atom is 0.124 e. The van der Waals surface area contributed by atoms with Gasteiger partial charge in [-0.2, -0.15) is 0 Å². The zero-order valence-corrected chi connectivity index (χ0v) is 14.8. The van der Waals surface area contributed by atoms with E-state index in [9.17, 15) is 4.39 Å². The average molecular weight is 356 g/mol. The molecule has 0 bridgehead atoms. The topological polar surface area (TPSA) is 12.0 Å². The maximum atomic E-state index is 13.3. The van der Waals surface area contributed by atoms with Gasteiger partial charge in [0, 0.05) is 10.5 Å². The molecular weight excluding hydrogens is 329 g/mol. The molecule has 118 valence electrons. The number of hydrogen-bond acceptors (Lipinski definition) is 1. The van der Waals surface area contributed by atoms with Gasteiger partial charge < -0.3 is 5.32 Å². The predicted molar refractivity (Wildman–Crippen MR) is 91.1 cm³/mol. The van der Waals surface area contributed by atoms with Crippen molar-refractivity contribution in [2.75, 3.05) is 6.54 Å². The highest BCUT2D eigenvalue weighted by Crippen LogP contribution is 2.45. The molecule has 1 nitrogen and oxygen atoms in total. The standard InChI is InChI=1S/C18H27BrFN/c1-3-11-21-17(18(4-2)9-5-6-10-18)12-14-7-8-15(20)13-16(14)19/h7-8,13,17,21H,3-6,9-12H2,1-2H3. The minimum atomic E-state index is -0.172. The summed E-state index contributed by atoms with van der Waals surface area (Å²) in [6, 6.07) is 5.58. The van der Waals surface area contributed by atoms with Gasteiger partial charge in [0.05, 0.1) is 0 Å². The van der Waals surface area contributed by atoms with Gasteiger partial charge in [-0.15, -0.1) is 0 Å². The Morgan fingerprint density at radius 3 is 2.57 bits per heavy atom. The maximum absolute atomic E-state index is 13.3. The quantitative estimate of drug-likeness (QED) is 0.683. The Morgan fingerprint density at radius 1 is 1.29 bits per heavy atom. The van der Waals surface area contributed by atoms with Gasteiger partial charge in [-0.1, -0.05) is 48.7 Å². The number of benzene rings is 1. The van der Waals surface area contributed by atoms with E-state index in [-0.39, 0.29) is 5.82 Å². The highest BCUT2D eigenvalue weighted by Gasteiger charge is 2.39. The third-order valence-corrected chi connectivity index (χ3v) is 5.86. The first-order valence-electron chi connectivity index (χ1n) is 8.28. The van der Waals surface area contributed by atoms with Crippen LogP contribution < -0.4 is 5.32 Å². The first-order chi connectivity index (χ1) is 10.1. The van der Waals surface area contributed by atoms with Gasteiger partial charge >= 0.3 is 0 Å². The van der Waals surface area contributed by atoms with Crippen molar-refractivity contribution in [3.8, 4) is 0 Å². The summed E-state index contributed by atoms with van der Waals surface area (Å²) < 4.78 is 14.2. The first kappa shape index (κ1) is 17.0. The highest BCUT2D eigenvalue weighted by molar-refractivity contribution is 9.10. The summed E-state index contributed by atoms with van der Waals surface area (Å²) in [5.41, 5.74) is 1.63. The zero-order chi connectivity index (χ0) is 15.3. The van der Waals surface area contributed by atoms with Crippen LogP contribution in [-0.4, -0.2) is 12.6 Å². The number of hydrogen-bond donors (Lipinski definition) is 1. The summed E-state index contributed by atoms with van der Waals surface area (Å²) in [5, 5.41) is 3.78. The van der Waals surface area contributed by atoms with Gasteiger partial charge in [0.15, 0.2) is 0 Å². The zero-order valence-electron chi connectivity index (χ0n) is 13.2. The molecule has 2 rings (SSSR count). The molecule has 1 saturated carbocycles. The average Bonchev–Trinajstić information content (AvgIpc) is 2.95. The number of rotatable bonds is 7. The molecule has 1 aromatic carbocycles. The van der Waals surface area contributed by atoms with Gasteiger partial charge in [-0.3, -0.25) is 0 Å². The van der Waals surface area contributed by atoms with Crippen LogP contribution in [0.2, 0.25) is 0 Å². The third kappa shape index (κ3) is 4.07. The van der Waals surface area contributed by atoms with Crippen molar-refractivity contribution in [1.29, 1.82) is 0 Å². The molecular formula is C18H27BrFN. The molecule has 1 aliphatic rings. The minimum absolute atomic E-state index is 0.172. The van der Waals surface area contributed by atoms with Crippen molar-refractivity contribution in [2.24, 2.45) is 5.41 Å². The normalized spacial score (nSPS) is 18.9. The van der Waals surface area contributed by atoms with Crippen molar-refractivity contribution in [2.45, 2.75) is 64.8 Å². The first-order valence-corrected chi connectivity index (χ1v) is 9.08. The Kier molecular flexibility index (Phi) is 6.24. The van der Waals surface area contributed by atoms with Crippen molar-refractivity contribution in [3.63, 3.8) is 0 Å². The Labute approximate surface area is 136 Å². The third-order valence-electron chi connectivity index (χ3n) is 5.12. The highest BCUT2D eigenvalue weighted by atomic mass is 79.9. The van der Waals surface area contributed by atoms with E-state index in [1.807, 2.05) is 6.07 Å². The largest absolute Gasteiger partial charge is 0.313 e. The van der Waals surface area contributed by atoms with Gasteiger partial charge in [-0.25, -0.2) is 4.39 Å². The lowest BCUT2D eigenvalue weighted by Gasteiger charge is -2.38. The lowest BCUT2D eigenvalue weighted by Crippen LogP contribution is -2.45. The van der Waals surface area contributed by atoms with Crippen molar-refractivity contribution >= 4 is 15.9 Å². The Hall–Kier alpha value is -0.410. The van der Waals surface area contributed by atoms with Crippen LogP contribution in [0, 0.1) is 11.2 Å². The summed E-state index contributed by atoms with van der Waals surface area (Å²) in [7, 11) is 0. The van der Waals surface area contributed by atoms with E-state index < -0.39 is 0 Å². The van der Waals surface area contributed by atoms with Gasteiger partial charge in [0.25, 0.3) is 0 Å². The summed E-state index contributed by atoms with van der Waals surface area (Å²) in [6.45, 7) is 5.60. The molecule has 1 fully saturated rings. The van der Waals surface area contributed by atoms with Crippen molar-refractivity contribution < 1.29 is 4.39 Å². The fourth-order valence-corrected chi connectivity index (χ4v) is 4.27. The molecule has 1 aromatic rings. The van der Waals surface area contributed by atoms with Crippen LogP contribution in [0.25, 0.3) is 0 Å². The molecule has 0 radical (unpaired) electrons. The monoisotopic (exact) mass is 355 g/mol. The molecule has 0 aliphatic heterocycles. The van der Waals surface area contributed by atoms with E-state index in [1.54, 1.807) is 12.1 Å². The van der Waals surface area contributed by atoms with Gasteiger partial charge in [0.1, 0.15) is 5.82 Å². The van der Waals surface area contributed by atoms with Crippen LogP contribution in [0.3, 0.4) is 0 Å². The second kappa shape index (κ2) is 7.73. The molecule has 21 heavy (non-hydrogen) atoms. The molecule has 0 spiro atoms. The van der Waals surface area contributed by atoms with E-state index in [2.05, 4.69) is 35.1 Å². The molecule has 1 N–H and O–H groups in total. The SMILES string of the molecule is CCCNC(Cc1ccc(F)cc1Br)C1(CC)CCCC1. The summed E-state index contributed by atoms with van der Waals surface area (Å²) in [5.74, 6) is -0.172. The van der Waals surface area contributed by atoms with E-state index in [0.717, 1.165) is 23.9 Å². The molecule has 1 atom stereocenters. The molecule has 3 heteroatoms. The lowest BCUT2D eigenvalue weighted by molar-refractivity contribution is 0.184. The second-order valence-electron chi connectivity index (χ2n) is 6.37. The fraction of sp³-hybridized carbons (Fsp3) is 0.667. The molecule has 0 heterocycles. The fourth-order valence-electron chi connectivity index (χ4n) is 3.76. The molecule has 1 aliphatic carbocycles. The summed E-state index contributed by atoms with van der Waals surface area (Å²) in [4.78, 5) is 0. The van der Waals surface area contributed by atoms with Crippen LogP contribution in [0.4, 0.5) is 4.39 Å². The summed E-state index contributed by atoms with van der Waals surface area (Å²) >= 11 is 3.52. The van der Waals surface area contributed by atoms with E-state index in [1.165, 1.54) is 37.7 Å². The minimum Gasteiger partial charge on any atom is -0.313 e. The Balaban J connectivity index is 2.19.